The number of rotatable bonds is 7. The summed E-state index contributed by atoms with van der Waals surface area (Å²) in [5.41, 5.74) is 3.22. The molecule has 0 aliphatic heterocycles. The second-order valence-corrected chi connectivity index (χ2v) is 7.50. The van der Waals surface area contributed by atoms with Gasteiger partial charge in [-0.1, -0.05) is 17.3 Å². The summed E-state index contributed by atoms with van der Waals surface area (Å²) in [4.78, 5) is 23.4. The van der Waals surface area contributed by atoms with E-state index in [0.717, 1.165) is 11.3 Å². The maximum atomic E-state index is 12.9. The predicted octanol–water partition coefficient (Wildman–Crippen LogP) is 3.73. The van der Waals surface area contributed by atoms with Gasteiger partial charge in [-0.25, -0.2) is 0 Å². The summed E-state index contributed by atoms with van der Waals surface area (Å²) in [7, 11) is 0. The van der Waals surface area contributed by atoms with Crippen LogP contribution in [0.5, 0.6) is 0 Å². The number of nitrogens with one attached hydrogen (secondary N) is 1. The highest BCUT2D eigenvalue weighted by molar-refractivity contribution is 5.94. The third kappa shape index (κ3) is 4.15. The van der Waals surface area contributed by atoms with Crippen LogP contribution in [0.25, 0.3) is 5.69 Å². The van der Waals surface area contributed by atoms with Crippen LogP contribution in [-0.4, -0.2) is 30.3 Å². The molecule has 10 heteroatoms. The lowest BCUT2D eigenvalue weighted by Gasteiger charge is -2.14. The Morgan fingerprint density at radius 1 is 1.22 bits per heavy atom. The van der Waals surface area contributed by atoms with Crippen LogP contribution in [-0.2, 0) is 6.54 Å². The van der Waals surface area contributed by atoms with Gasteiger partial charge in [-0.3, -0.25) is 4.79 Å². The molecule has 0 bridgehead atoms. The highest BCUT2D eigenvalue weighted by atomic mass is 16.6. The van der Waals surface area contributed by atoms with E-state index in [4.69, 9.17) is 4.52 Å². The molecule has 1 amide bonds. The topological polar surface area (TPSA) is 121 Å². The highest BCUT2D eigenvalue weighted by Gasteiger charge is 2.24. The Morgan fingerprint density at radius 2 is 1.91 bits per heavy atom. The molecule has 0 aliphatic rings. The van der Waals surface area contributed by atoms with Gasteiger partial charge < -0.3 is 24.5 Å². The average Bonchev–Trinajstić information content (AvgIpc) is 3.50. The molecule has 4 aromatic rings. The first-order valence-electron chi connectivity index (χ1n) is 10.0. The van der Waals surface area contributed by atoms with Crippen molar-refractivity contribution >= 4 is 11.7 Å². The summed E-state index contributed by atoms with van der Waals surface area (Å²) in [6.45, 7) is 5.42. The second kappa shape index (κ2) is 8.50. The maximum absolute atomic E-state index is 12.9. The smallest absolute Gasteiger partial charge is 0.361 e. The lowest BCUT2D eigenvalue weighted by Crippen LogP contribution is -2.28. The number of carbonyl (C=O) groups is 1. The summed E-state index contributed by atoms with van der Waals surface area (Å²) in [5.74, 6) is -0.186. The molecule has 0 radical (unpaired) electrons. The average molecular weight is 434 g/mol. The lowest BCUT2D eigenvalue weighted by atomic mass is 10.1. The molecule has 10 nitrogen and oxygen atoms in total. The number of hydrogen-bond acceptors (Lipinski definition) is 6. The van der Waals surface area contributed by atoms with Gasteiger partial charge in [-0.05, 0) is 55.5 Å². The van der Waals surface area contributed by atoms with Crippen LogP contribution in [0.2, 0.25) is 0 Å². The van der Waals surface area contributed by atoms with Crippen molar-refractivity contribution in [2.75, 3.05) is 0 Å². The highest BCUT2D eigenvalue weighted by Crippen LogP contribution is 2.20. The molecular weight excluding hydrogens is 412 g/mol. The van der Waals surface area contributed by atoms with Crippen LogP contribution >= 0.6 is 0 Å². The van der Waals surface area contributed by atoms with E-state index < -0.39 is 10.8 Å². The molecule has 1 N–H and O–H groups in total. The fraction of sp³-hybridized carbons (Fsp3) is 0.227. The van der Waals surface area contributed by atoms with Crippen molar-refractivity contribution < 1.29 is 14.2 Å². The number of nitrogens with zero attached hydrogens (tertiary/aromatic N) is 5. The number of carbonyl (C=O) groups excluding carboxylic acids is 1. The number of benzene rings is 1. The Kier molecular flexibility index (Phi) is 5.59. The third-order valence-electron chi connectivity index (χ3n) is 5.31. The van der Waals surface area contributed by atoms with Crippen LogP contribution in [0.1, 0.15) is 46.0 Å². The van der Waals surface area contributed by atoms with E-state index in [1.807, 2.05) is 60.3 Å². The normalized spacial score (nSPS) is 12.0. The first-order chi connectivity index (χ1) is 15.3. The van der Waals surface area contributed by atoms with Gasteiger partial charge in [-0.15, -0.1) is 0 Å². The van der Waals surface area contributed by atoms with Gasteiger partial charge >= 0.3 is 5.82 Å². The molecule has 1 atom stereocenters. The van der Waals surface area contributed by atoms with Crippen LogP contribution < -0.4 is 5.32 Å². The summed E-state index contributed by atoms with van der Waals surface area (Å²) >= 11 is 0. The zero-order chi connectivity index (χ0) is 22.8. The zero-order valence-electron chi connectivity index (χ0n) is 17.8. The second-order valence-electron chi connectivity index (χ2n) is 7.50. The lowest BCUT2D eigenvalue weighted by molar-refractivity contribution is -0.389. The minimum atomic E-state index is -0.555. The zero-order valence-corrected chi connectivity index (χ0v) is 17.8. The van der Waals surface area contributed by atoms with Crippen molar-refractivity contribution in [3.8, 4) is 5.69 Å². The van der Waals surface area contributed by atoms with Gasteiger partial charge in [0.05, 0.1) is 35.0 Å². The van der Waals surface area contributed by atoms with Crippen LogP contribution in [0.3, 0.4) is 0 Å². The summed E-state index contributed by atoms with van der Waals surface area (Å²) in [5, 5.41) is 21.8. The number of nitro groups is 1. The Hall–Kier alpha value is -4.21. The molecule has 4 rings (SSSR count). The van der Waals surface area contributed by atoms with Crippen molar-refractivity contribution in [1.82, 2.24) is 24.8 Å². The van der Waals surface area contributed by atoms with E-state index in [0.29, 0.717) is 17.0 Å². The van der Waals surface area contributed by atoms with Crippen molar-refractivity contribution in [2.24, 2.45) is 0 Å². The Balaban J connectivity index is 1.50. The van der Waals surface area contributed by atoms with E-state index in [2.05, 4.69) is 15.6 Å². The quantitative estimate of drug-likeness (QED) is 0.349. The van der Waals surface area contributed by atoms with Crippen LogP contribution in [0, 0.1) is 24.0 Å². The number of aromatic nitrogens is 4. The molecular formula is C22H22N6O4. The summed E-state index contributed by atoms with van der Waals surface area (Å²) < 4.78 is 8.69. The van der Waals surface area contributed by atoms with E-state index in [9.17, 15) is 14.9 Å². The Labute approximate surface area is 183 Å². The van der Waals surface area contributed by atoms with Gasteiger partial charge in [0.25, 0.3) is 5.91 Å². The third-order valence-corrected chi connectivity index (χ3v) is 5.31. The molecule has 3 heterocycles. The molecule has 0 spiro atoms. The van der Waals surface area contributed by atoms with E-state index >= 15 is 0 Å². The van der Waals surface area contributed by atoms with Crippen molar-refractivity contribution in [3.05, 3.63) is 93.2 Å². The van der Waals surface area contributed by atoms with Gasteiger partial charge in [-0.2, -0.15) is 4.68 Å². The van der Waals surface area contributed by atoms with Crippen molar-refractivity contribution in [2.45, 2.75) is 33.4 Å². The fourth-order valence-electron chi connectivity index (χ4n) is 3.44. The van der Waals surface area contributed by atoms with Gasteiger partial charge in [0.1, 0.15) is 5.76 Å². The molecule has 1 unspecified atom stereocenters. The van der Waals surface area contributed by atoms with Crippen LogP contribution in [0.15, 0.2) is 59.4 Å². The summed E-state index contributed by atoms with van der Waals surface area (Å²) in [6, 6.07) is 12.9. The van der Waals surface area contributed by atoms with Crippen molar-refractivity contribution in [1.29, 1.82) is 0 Å². The summed E-state index contributed by atoms with van der Waals surface area (Å²) in [6.07, 6.45) is 3.93. The van der Waals surface area contributed by atoms with Gasteiger partial charge in [0, 0.05) is 18.1 Å². The SMILES string of the molecule is Cc1onc(C(=O)NC(C)c2ccc(-n3cccc3)cc2)c1Cn1nc([N+](=O)[O-])cc1C. The molecule has 3 aromatic heterocycles. The molecule has 0 fully saturated rings. The molecule has 1 aromatic carbocycles. The number of amides is 1. The molecule has 0 aliphatic carbocycles. The maximum Gasteiger partial charge on any atom is 0.390 e. The predicted molar refractivity (Wildman–Crippen MR) is 116 cm³/mol. The van der Waals surface area contributed by atoms with E-state index in [-0.39, 0.29) is 24.1 Å². The largest absolute Gasteiger partial charge is 0.390 e. The molecule has 0 saturated heterocycles. The first-order valence-corrected chi connectivity index (χ1v) is 10.0. The Morgan fingerprint density at radius 3 is 2.53 bits per heavy atom. The standard InChI is InChI=1S/C22H22N6O4/c1-14-12-20(28(30)31)24-27(14)13-19-16(3)32-25-21(19)22(29)23-15(2)17-6-8-18(9-7-17)26-10-4-5-11-26/h4-12,15H,13H2,1-3H3,(H,23,29). The van der Waals surface area contributed by atoms with Gasteiger partial charge in [0.2, 0.25) is 0 Å². The fourth-order valence-corrected chi connectivity index (χ4v) is 3.44. The molecule has 0 saturated carbocycles. The number of hydrogen-bond donors (Lipinski definition) is 1. The minimum Gasteiger partial charge on any atom is -0.361 e. The number of aryl methyl sites for hydroxylation is 2. The van der Waals surface area contributed by atoms with E-state index in [1.165, 1.54) is 10.7 Å². The Bertz CT molecular complexity index is 1250. The molecule has 32 heavy (non-hydrogen) atoms. The van der Waals surface area contributed by atoms with E-state index in [1.54, 1.807) is 13.8 Å². The molecule has 164 valence electrons. The monoisotopic (exact) mass is 434 g/mol. The first kappa shape index (κ1) is 21.0. The van der Waals surface area contributed by atoms with Gasteiger partial charge in [0.15, 0.2) is 5.69 Å². The van der Waals surface area contributed by atoms with Crippen molar-refractivity contribution in [3.63, 3.8) is 0 Å². The minimum absolute atomic E-state index is 0.135. The van der Waals surface area contributed by atoms with Crippen LogP contribution in [0.4, 0.5) is 5.82 Å².